The Morgan fingerprint density at radius 1 is 1.35 bits per heavy atom. The molecular formula is C10H17NO4S2. The highest BCUT2D eigenvalue weighted by Crippen LogP contribution is 2.20. The van der Waals surface area contributed by atoms with Gasteiger partial charge in [-0.3, -0.25) is 0 Å². The van der Waals surface area contributed by atoms with E-state index in [1.54, 1.807) is 13.8 Å². The molecule has 1 aromatic heterocycles. The van der Waals surface area contributed by atoms with Gasteiger partial charge in [0, 0.05) is 10.8 Å². The molecule has 0 aliphatic carbocycles. The fourth-order valence-electron chi connectivity index (χ4n) is 0.932. The van der Waals surface area contributed by atoms with Crippen molar-refractivity contribution in [2.75, 3.05) is 0 Å². The van der Waals surface area contributed by atoms with Crippen LogP contribution in [0.3, 0.4) is 0 Å². The van der Waals surface area contributed by atoms with Crippen molar-refractivity contribution in [3.05, 3.63) is 16.3 Å². The average molecular weight is 279 g/mol. The number of ether oxygens (including phenoxy) is 1. The lowest BCUT2D eigenvalue weighted by Crippen LogP contribution is -2.18. The van der Waals surface area contributed by atoms with Crippen molar-refractivity contribution >= 4 is 27.3 Å². The smallest absolute Gasteiger partial charge is 0.340 e. The van der Waals surface area contributed by atoms with Crippen molar-refractivity contribution in [2.45, 2.75) is 38.7 Å². The predicted molar refractivity (Wildman–Crippen MR) is 67.6 cm³/mol. The summed E-state index contributed by atoms with van der Waals surface area (Å²) in [5.41, 5.74) is -0.00352. The van der Waals surface area contributed by atoms with Crippen LogP contribution >= 0.6 is 11.3 Å². The molecule has 0 atom stereocenters. The predicted octanol–water partition coefficient (Wildman–Crippen LogP) is 1.99. The highest BCUT2D eigenvalue weighted by molar-refractivity contribution is 7.89. The molecule has 0 unspecified atom stereocenters. The van der Waals surface area contributed by atoms with Gasteiger partial charge < -0.3 is 4.74 Å². The van der Waals surface area contributed by atoms with Crippen molar-refractivity contribution in [2.24, 2.45) is 5.14 Å². The van der Waals surface area contributed by atoms with Gasteiger partial charge in [0.1, 0.15) is 4.90 Å². The molecule has 98 valence electrons. The Bertz CT molecular complexity index is 462. The number of primary sulfonamides is 1. The van der Waals surface area contributed by atoms with Crippen LogP contribution in [0.4, 0.5) is 0 Å². The van der Waals surface area contributed by atoms with E-state index in [0.717, 1.165) is 11.3 Å². The van der Waals surface area contributed by atoms with Crippen LogP contribution in [-0.2, 0) is 14.8 Å². The molecule has 17 heavy (non-hydrogen) atoms. The molecule has 2 N–H and O–H groups in total. The molecule has 1 heterocycles. The topological polar surface area (TPSA) is 86.5 Å². The number of nitrogens with two attached hydrogens (primary N) is 1. The van der Waals surface area contributed by atoms with Gasteiger partial charge >= 0.3 is 5.97 Å². The molecule has 0 saturated heterocycles. The zero-order chi connectivity index (χ0) is 13.6. The first-order chi connectivity index (χ1) is 7.82. The van der Waals surface area contributed by atoms with Gasteiger partial charge in [-0.2, -0.15) is 11.3 Å². The molecule has 5 nitrogen and oxygen atoms in total. The normalized spacial score (nSPS) is 10.7. The van der Waals surface area contributed by atoms with Gasteiger partial charge in [-0.05, 0) is 13.8 Å². The molecule has 0 aliphatic heterocycles. The summed E-state index contributed by atoms with van der Waals surface area (Å²) in [7, 11) is -3.86. The molecule has 0 fully saturated rings. The van der Waals surface area contributed by atoms with Crippen LogP contribution in [0.15, 0.2) is 15.7 Å². The maximum absolute atomic E-state index is 11.4. The Labute approximate surface area is 106 Å². The first kappa shape index (κ1) is 16.1. The minimum absolute atomic E-state index is 0.00352. The lowest BCUT2D eigenvalue weighted by molar-refractivity contribution is 0.0374. The summed E-state index contributed by atoms with van der Waals surface area (Å²) in [6.07, 6.45) is -0.300. The molecule has 0 amide bonds. The first-order valence-electron chi connectivity index (χ1n) is 5.12. The quantitative estimate of drug-likeness (QED) is 0.857. The molecule has 1 rings (SSSR count). The SMILES string of the molecule is CC.CC(C)OC(=O)c1cscc1S(N)(=O)=O. The highest BCUT2D eigenvalue weighted by Gasteiger charge is 2.22. The second kappa shape index (κ2) is 6.73. The molecule has 0 saturated carbocycles. The third-order valence-electron chi connectivity index (χ3n) is 1.50. The summed E-state index contributed by atoms with van der Waals surface area (Å²) in [6, 6.07) is 0. The molecular weight excluding hydrogens is 262 g/mol. The van der Waals surface area contributed by atoms with Crippen molar-refractivity contribution in [3.63, 3.8) is 0 Å². The maximum atomic E-state index is 11.4. The summed E-state index contributed by atoms with van der Waals surface area (Å²) in [5.74, 6) is -0.671. The zero-order valence-corrected chi connectivity index (χ0v) is 11.9. The Morgan fingerprint density at radius 2 is 1.88 bits per heavy atom. The summed E-state index contributed by atoms with van der Waals surface area (Å²) in [4.78, 5) is 11.3. The fourth-order valence-corrected chi connectivity index (χ4v) is 2.84. The summed E-state index contributed by atoms with van der Waals surface area (Å²) in [6.45, 7) is 7.36. The zero-order valence-electron chi connectivity index (χ0n) is 10.3. The fraction of sp³-hybridized carbons (Fsp3) is 0.500. The standard InChI is InChI=1S/C8H11NO4S2.C2H6/c1-5(2)13-8(10)6-3-14-4-7(6)15(9,11)12;1-2/h3-5H,1-2H3,(H2,9,11,12);1-2H3. The van der Waals surface area contributed by atoms with Crippen molar-refractivity contribution in [3.8, 4) is 0 Å². The number of esters is 1. The number of thiophene rings is 1. The van der Waals surface area contributed by atoms with Gasteiger partial charge in [-0.1, -0.05) is 13.8 Å². The lowest BCUT2D eigenvalue weighted by Gasteiger charge is -2.07. The average Bonchev–Trinajstić information content (AvgIpc) is 2.67. The third kappa shape index (κ3) is 4.84. The summed E-state index contributed by atoms with van der Waals surface area (Å²) < 4.78 is 27.0. The largest absolute Gasteiger partial charge is 0.459 e. The van der Waals surface area contributed by atoms with Gasteiger partial charge in [0.2, 0.25) is 10.0 Å². The second-order valence-corrected chi connectivity index (χ2v) is 5.42. The molecule has 0 aromatic carbocycles. The van der Waals surface area contributed by atoms with E-state index in [4.69, 9.17) is 9.88 Å². The first-order valence-corrected chi connectivity index (χ1v) is 7.61. The molecule has 0 aliphatic rings. The minimum Gasteiger partial charge on any atom is -0.459 e. The molecule has 7 heteroatoms. The van der Waals surface area contributed by atoms with Crippen LogP contribution in [0.25, 0.3) is 0 Å². The number of carbonyl (C=O) groups is 1. The monoisotopic (exact) mass is 279 g/mol. The minimum atomic E-state index is -3.86. The van der Waals surface area contributed by atoms with Crippen LogP contribution in [0, 0.1) is 0 Å². The number of hydrogen-bond donors (Lipinski definition) is 1. The van der Waals surface area contributed by atoms with Crippen LogP contribution in [-0.4, -0.2) is 20.5 Å². The van der Waals surface area contributed by atoms with Crippen molar-refractivity contribution in [1.82, 2.24) is 0 Å². The number of carbonyl (C=O) groups excluding carboxylic acids is 1. The van der Waals surface area contributed by atoms with Gasteiger partial charge in [0.15, 0.2) is 0 Å². The van der Waals surface area contributed by atoms with E-state index in [-0.39, 0.29) is 16.6 Å². The van der Waals surface area contributed by atoms with Gasteiger partial charge in [0.25, 0.3) is 0 Å². The van der Waals surface area contributed by atoms with Crippen LogP contribution in [0.1, 0.15) is 38.1 Å². The van der Waals surface area contributed by atoms with Crippen molar-refractivity contribution in [1.29, 1.82) is 0 Å². The maximum Gasteiger partial charge on any atom is 0.340 e. The van der Waals surface area contributed by atoms with Gasteiger partial charge in [-0.15, -0.1) is 0 Å². The van der Waals surface area contributed by atoms with E-state index >= 15 is 0 Å². The van der Waals surface area contributed by atoms with Crippen LogP contribution < -0.4 is 5.14 Å². The van der Waals surface area contributed by atoms with E-state index in [1.807, 2.05) is 13.8 Å². The van der Waals surface area contributed by atoms with Crippen LogP contribution in [0.2, 0.25) is 0 Å². The number of hydrogen-bond acceptors (Lipinski definition) is 5. The van der Waals surface area contributed by atoms with E-state index in [2.05, 4.69) is 0 Å². The van der Waals surface area contributed by atoms with Gasteiger partial charge in [0.05, 0.1) is 11.7 Å². The van der Waals surface area contributed by atoms with Crippen LogP contribution in [0.5, 0.6) is 0 Å². The Kier molecular flexibility index (Phi) is 6.36. The van der Waals surface area contributed by atoms with Crippen molar-refractivity contribution < 1.29 is 17.9 Å². The Hall–Kier alpha value is -0.920. The number of sulfonamides is 1. The Balaban J connectivity index is 0.00000121. The Morgan fingerprint density at radius 3 is 2.29 bits per heavy atom. The molecule has 0 bridgehead atoms. The lowest BCUT2D eigenvalue weighted by atomic mass is 10.3. The number of rotatable bonds is 3. The molecule has 1 aromatic rings. The van der Waals surface area contributed by atoms with E-state index in [9.17, 15) is 13.2 Å². The molecule has 0 radical (unpaired) electrons. The van der Waals surface area contributed by atoms with E-state index in [0.29, 0.717) is 0 Å². The second-order valence-electron chi connectivity index (χ2n) is 3.15. The van der Waals surface area contributed by atoms with E-state index in [1.165, 1.54) is 10.8 Å². The van der Waals surface area contributed by atoms with Gasteiger partial charge in [-0.25, -0.2) is 18.4 Å². The van der Waals surface area contributed by atoms with E-state index < -0.39 is 16.0 Å². The molecule has 0 spiro atoms. The third-order valence-corrected chi connectivity index (χ3v) is 3.34. The highest BCUT2D eigenvalue weighted by atomic mass is 32.2. The summed E-state index contributed by atoms with van der Waals surface area (Å²) >= 11 is 1.09. The summed E-state index contributed by atoms with van der Waals surface area (Å²) in [5, 5.41) is 7.66.